The van der Waals surface area contributed by atoms with Crippen molar-refractivity contribution in [3.8, 4) is 0 Å². The molecule has 1 aliphatic heterocycles. The smallest absolute Gasteiger partial charge is 0.263 e. The lowest BCUT2D eigenvalue weighted by atomic mass is 10.1. The number of fused-ring (bicyclic) bond motifs is 1. The number of hydrogen-bond acceptors (Lipinski definition) is 4. The molecule has 0 bridgehead atoms. The van der Waals surface area contributed by atoms with Gasteiger partial charge in [-0.25, -0.2) is 9.97 Å². The van der Waals surface area contributed by atoms with Gasteiger partial charge < -0.3 is 9.47 Å². The predicted molar refractivity (Wildman–Crippen MR) is 95.4 cm³/mol. The Kier molecular flexibility index (Phi) is 4.06. The molecule has 4 rings (SSSR count). The number of rotatable bonds is 4. The lowest BCUT2D eigenvalue weighted by Gasteiger charge is -2.16. The van der Waals surface area contributed by atoms with E-state index in [-0.39, 0.29) is 11.8 Å². The van der Waals surface area contributed by atoms with Gasteiger partial charge in [0.2, 0.25) is 0 Å². The third-order valence-electron chi connectivity index (χ3n) is 4.55. The molecule has 6 heteroatoms. The normalized spacial score (nSPS) is 17.7. The van der Waals surface area contributed by atoms with Crippen LogP contribution in [-0.2, 0) is 6.54 Å². The zero-order valence-corrected chi connectivity index (χ0v) is 14.5. The van der Waals surface area contributed by atoms with Crippen molar-refractivity contribution < 1.29 is 4.79 Å². The molecule has 1 amide bonds. The van der Waals surface area contributed by atoms with E-state index < -0.39 is 0 Å². The summed E-state index contributed by atoms with van der Waals surface area (Å²) in [5, 5.41) is 1.95. The van der Waals surface area contributed by atoms with E-state index >= 15 is 0 Å². The van der Waals surface area contributed by atoms with Crippen LogP contribution in [0.15, 0.2) is 35.8 Å². The van der Waals surface area contributed by atoms with Gasteiger partial charge in [0.1, 0.15) is 11.3 Å². The van der Waals surface area contributed by atoms with Crippen molar-refractivity contribution in [1.82, 2.24) is 19.4 Å². The van der Waals surface area contributed by atoms with Gasteiger partial charge in [-0.15, -0.1) is 11.3 Å². The van der Waals surface area contributed by atoms with Gasteiger partial charge in [0.15, 0.2) is 5.65 Å². The van der Waals surface area contributed by atoms with Gasteiger partial charge in [0.05, 0.1) is 4.88 Å². The van der Waals surface area contributed by atoms with E-state index in [9.17, 15) is 4.79 Å². The Balaban J connectivity index is 1.62. The Morgan fingerprint density at radius 1 is 1.38 bits per heavy atom. The van der Waals surface area contributed by atoms with E-state index in [1.807, 2.05) is 40.7 Å². The van der Waals surface area contributed by atoms with Crippen molar-refractivity contribution >= 4 is 28.4 Å². The first-order valence-electron chi connectivity index (χ1n) is 8.42. The molecule has 1 aliphatic rings. The molecule has 3 aromatic heterocycles. The largest absolute Gasteiger partial charge is 0.337 e. The van der Waals surface area contributed by atoms with Gasteiger partial charge in [-0.1, -0.05) is 13.0 Å². The molecule has 0 aliphatic carbocycles. The second kappa shape index (κ2) is 6.36. The Bertz CT molecular complexity index is 855. The van der Waals surface area contributed by atoms with Crippen molar-refractivity contribution in [2.24, 2.45) is 0 Å². The first-order chi connectivity index (χ1) is 11.8. The predicted octanol–water partition coefficient (Wildman–Crippen LogP) is 3.53. The molecule has 0 radical (unpaired) electrons. The van der Waals surface area contributed by atoms with Crippen LogP contribution in [0.4, 0.5) is 0 Å². The zero-order valence-electron chi connectivity index (χ0n) is 13.7. The van der Waals surface area contributed by atoms with E-state index in [1.54, 1.807) is 0 Å². The van der Waals surface area contributed by atoms with Gasteiger partial charge in [-0.05, 0) is 36.4 Å². The van der Waals surface area contributed by atoms with Crippen LogP contribution in [-0.4, -0.2) is 38.4 Å². The van der Waals surface area contributed by atoms with Crippen LogP contribution < -0.4 is 0 Å². The Morgan fingerprint density at radius 2 is 2.29 bits per heavy atom. The molecule has 1 atom stereocenters. The lowest BCUT2D eigenvalue weighted by molar-refractivity contribution is 0.0795. The summed E-state index contributed by atoms with van der Waals surface area (Å²) in [6.07, 6.45) is 3.82. The molecule has 0 N–H and O–H groups in total. The summed E-state index contributed by atoms with van der Waals surface area (Å²) in [6.45, 7) is 4.62. The third kappa shape index (κ3) is 2.60. The number of pyridine rings is 1. The summed E-state index contributed by atoms with van der Waals surface area (Å²) in [6, 6.07) is 7.77. The molecule has 0 aromatic carbocycles. The minimum Gasteiger partial charge on any atom is -0.337 e. The second-order valence-electron chi connectivity index (χ2n) is 6.18. The van der Waals surface area contributed by atoms with Crippen LogP contribution >= 0.6 is 11.3 Å². The number of likely N-dealkylation sites (tertiary alicyclic amines) is 1. The van der Waals surface area contributed by atoms with E-state index in [2.05, 4.69) is 16.5 Å². The standard InChI is InChI=1S/C18H20N4OS/c1-2-9-22-16(20-14-5-3-8-19-17(14)22)13-7-10-21(12-13)18(23)15-6-4-11-24-15/h3-6,8,11,13H,2,7,9-10,12H2,1H3/t13-/m1/s1. The first-order valence-corrected chi connectivity index (χ1v) is 9.30. The fourth-order valence-electron chi connectivity index (χ4n) is 3.44. The fourth-order valence-corrected chi connectivity index (χ4v) is 4.13. The number of aromatic nitrogens is 3. The van der Waals surface area contributed by atoms with E-state index in [0.29, 0.717) is 0 Å². The number of carbonyl (C=O) groups is 1. The number of aryl methyl sites for hydroxylation is 1. The molecule has 0 unspecified atom stereocenters. The highest BCUT2D eigenvalue weighted by Gasteiger charge is 2.31. The highest BCUT2D eigenvalue weighted by Crippen LogP contribution is 2.30. The summed E-state index contributed by atoms with van der Waals surface area (Å²) < 4.78 is 2.24. The van der Waals surface area contributed by atoms with Gasteiger partial charge in [0, 0.05) is 31.7 Å². The Morgan fingerprint density at radius 3 is 3.08 bits per heavy atom. The molecular formula is C18H20N4OS. The topological polar surface area (TPSA) is 51.0 Å². The molecule has 3 aromatic rings. The van der Waals surface area contributed by atoms with Crippen molar-refractivity contribution in [1.29, 1.82) is 0 Å². The number of nitrogens with zero attached hydrogens (tertiary/aromatic N) is 4. The molecular weight excluding hydrogens is 320 g/mol. The molecule has 1 fully saturated rings. The van der Waals surface area contributed by atoms with Crippen LogP contribution in [0.25, 0.3) is 11.2 Å². The zero-order chi connectivity index (χ0) is 16.5. The average Bonchev–Trinajstić information content (AvgIpc) is 3.34. The van der Waals surface area contributed by atoms with Crippen molar-refractivity contribution in [2.45, 2.75) is 32.2 Å². The number of amides is 1. The highest BCUT2D eigenvalue weighted by molar-refractivity contribution is 7.12. The number of thiophene rings is 1. The molecule has 0 saturated carbocycles. The fraction of sp³-hybridized carbons (Fsp3) is 0.389. The molecule has 124 valence electrons. The number of hydrogen-bond donors (Lipinski definition) is 0. The average molecular weight is 340 g/mol. The number of imidazole rings is 1. The third-order valence-corrected chi connectivity index (χ3v) is 5.41. The van der Waals surface area contributed by atoms with E-state index in [4.69, 9.17) is 4.98 Å². The van der Waals surface area contributed by atoms with Crippen molar-refractivity contribution in [2.75, 3.05) is 13.1 Å². The van der Waals surface area contributed by atoms with Gasteiger partial charge in [-0.3, -0.25) is 4.79 Å². The summed E-state index contributed by atoms with van der Waals surface area (Å²) in [5.74, 6) is 1.51. The van der Waals surface area contributed by atoms with Crippen molar-refractivity contribution in [3.63, 3.8) is 0 Å². The SMILES string of the molecule is CCCn1c([C@@H]2CCN(C(=O)c3cccs3)C2)nc2cccnc21. The monoisotopic (exact) mass is 340 g/mol. The summed E-state index contributed by atoms with van der Waals surface area (Å²) in [4.78, 5) is 24.7. The minimum atomic E-state index is 0.142. The van der Waals surface area contributed by atoms with E-state index in [0.717, 1.165) is 54.3 Å². The molecule has 1 saturated heterocycles. The minimum absolute atomic E-state index is 0.142. The maximum Gasteiger partial charge on any atom is 0.263 e. The van der Waals surface area contributed by atoms with Crippen LogP contribution in [0.2, 0.25) is 0 Å². The van der Waals surface area contributed by atoms with Crippen molar-refractivity contribution in [3.05, 3.63) is 46.5 Å². The molecule has 5 nitrogen and oxygen atoms in total. The van der Waals surface area contributed by atoms with Crippen LogP contribution in [0.1, 0.15) is 41.2 Å². The van der Waals surface area contributed by atoms with Crippen LogP contribution in [0, 0.1) is 0 Å². The van der Waals surface area contributed by atoms with Crippen LogP contribution in [0.5, 0.6) is 0 Å². The maximum absolute atomic E-state index is 12.6. The Labute approximate surface area is 145 Å². The molecule has 4 heterocycles. The Hall–Kier alpha value is -2.21. The van der Waals surface area contributed by atoms with Gasteiger partial charge in [0.25, 0.3) is 5.91 Å². The maximum atomic E-state index is 12.6. The summed E-state index contributed by atoms with van der Waals surface area (Å²) >= 11 is 1.51. The summed E-state index contributed by atoms with van der Waals surface area (Å²) in [7, 11) is 0. The number of carbonyl (C=O) groups excluding carboxylic acids is 1. The molecule has 0 spiro atoms. The van der Waals surface area contributed by atoms with Gasteiger partial charge in [-0.2, -0.15) is 0 Å². The highest BCUT2D eigenvalue weighted by atomic mass is 32.1. The first kappa shape index (κ1) is 15.3. The van der Waals surface area contributed by atoms with E-state index in [1.165, 1.54) is 11.3 Å². The molecule has 24 heavy (non-hydrogen) atoms. The quantitative estimate of drug-likeness (QED) is 0.730. The second-order valence-corrected chi connectivity index (χ2v) is 7.13. The van der Waals surface area contributed by atoms with Crippen LogP contribution in [0.3, 0.4) is 0 Å². The lowest BCUT2D eigenvalue weighted by Crippen LogP contribution is -2.28. The van der Waals surface area contributed by atoms with Gasteiger partial charge >= 0.3 is 0 Å². The summed E-state index contributed by atoms with van der Waals surface area (Å²) in [5.41, 5.74) is 1.90.